The standard InChI is InChI=1S/C28H28N4O6S/c1-2-38-21-9-7-20(8-10-21)29-25(33)17-32-27(35)24(39-28(32)36)15-19-16-31(23-6-4-3-5-22(19)23)18-26(34)30-11-13-37-14-12-30/h3-10,15-16H,2,11-14,17-18H2,1H3,(H,29,33)/b24-15-. The smallest absolute Gasteiger partial charge is 0.294 e. The second kappa shape index (κ2) is 11.7. The number of benzene rings is 2. The summed E-state index contributed by atoms with van der Waals surface area (Å²) in [6, 6.07) is 14.4. The van der Waals surface area contributed by atoms with E-state index in [0.717, 1.165) is 27.6 Å². The summed E-state index contributed by atoms with van der Waals surface area (Å²) in [5.41, 5.74) is 2.09. The molecule has 0 aliphatic carbocycles. The number of aromatic nitrogens is 1. The molecule has 2 aromatic carbocycles. The number of ether oxygens (including phenoxy) is 2. The topological polar surface area (TPSA) is 110 Å². The van der Waals surface area contributed by atoms with Gasteiger partial charge in [-0.2, -0.15) is 0 Å². The van der Waals surface area contributed by atoms with Crippen LogP contribution in [0.5, 0.6) is 5.75 Å². The molecule has 39 heavy (non-hydrogen) atoms. The van der Waals surface area contributed by atoms with Crippen molar-refractivity contribution < 1.29 is 28.7 Å². The molecule has 4 amide bonds. The summed E-state index contributed by atoms with van der Waals surface area (Å²) in [6.07, 6.45) is 3.46. The quantitative estimate of drug-likeness (QED) is 0.429. The molecular weight excluding hydrogens is 520 g/mol. The van der Waals surface area contributed by atoms with Crippen LogP contribution >= 0.6 is 11.8 Å². The van der Waals surface area contributed by atoms with Gasteiger partial charge in [0.25, 0.3) is 11.1 Å². The molecule has 5 rings (SSSR count). The molecule has 0 atom stereocenters. The Bertz CT molecular complexity index is 1440. The predicted octanol–water partition coefficient (Wildman–Crippen LogP) is 3.57. The Morgan fingerprint density at radius 2 is 1.79 bits per heavy atom. The summed E-state index contributed by atoms with van der Waals surface area (Å²) in [5.74, 6) is -0.350. The Morgan fingerprint density at radius 1 is 1.05 bits per heavy atom. The molecule has 2 aliphatic heterocycles. The Kier molecular flexibility index (Phi) is 7.99. The van der Waals surface area contributed by atoms with Crippen molar-refractivity contribution in [3.05, 3.63) is 65.2 Å². The monoisotopic (exact) mass is 548 g/mol. The maximum Gasteiger partial charge on any atom is 0.294 e. The first kappa shape index (κ1) is 26.5. The van der Waals surface area contributed by atoms with E-state index in [0.29, 0.717) is 49.9 Å². The number of fused-ring (bicyclic) bond motifs is 1. The Hall–Kier alpha value is -4.09. The summed E-state index contributed by atoms with van der Waals surface area (Å²) >= 11 is 0.790. The highest BCUT2D eigenvalue weighted by Gasteiger charge is 2.36. The van der Waals surface area contributed by atoms with Crippen LogP contribution in [0, 0.1) is 0 Å². The van der Waals surface area contributed by atoms with E-state index in [1.54, 1.807) is 35.2 Å². The molecule has 0 radical (unpaired) electrons. The highest BCUT2D eigenvalue weighted by Crippen LogP contribution is 2.34. The lowest BCUT2D eigenvalue weighted by Crippen LogP contribution is -2.42. The van der Waals surface area contributed by atoms with Crippen molar-refractivity contribution in [2.24, 2.45) is 0 Å². The van der Waals surface area contributed by atoms with Crippen LogP contribution in [0.3, 0.4) is 0 Å². The zero-order valence-corrected chi connectivity index (χ0v) is 22.2. The molecule has 0 unspecified atom stereocenters. The zero-order chi connectivity index (χ0) is 27.4. The van der Waals surface area contributed by atoms with Gasteiger partial charge in [-0.25, -0.2) is 0 Å². The Labute approximate surface area is 229 Å². The summed E-state index contributed by atoms with van der Waals surface area (Å²) < 4.78 is 12.6. The molecule has 10 nitrogen and oxygen atoms in total. The minimum Gasteiger partial charge on any atom is -0.494 e. The first-order valence-electron chi connectivity index (χ1n) is 12.6. The molecule has 1 N–H and O–H groups in total. The van der Waals surface area contributed by atoms with Gasteiger partial charge in [0.05, 0.1) is 24.7 Å². The number of morpholine rings is 1. The SMILES string of the molecule is CCOc1ccc(NC(=O)CN2C(=O)S/C(=C\c3cn(CC(=O)N4CCOCC4)c4ccccc34)C2=O)cc1. The molecule has 2 fully saturated rings. The molecule has 0 bridgehead atoms. The van der Waals surface area contributed by atoms with Crippen LogP contribution in [0.15, 0.2) is 59.6 Å². The van der Waals surface area contributed by atoms with Crippen LogP contribution in [0.4, 0.5) is 10.5 Å². The van der Waals surface area contributed by atoms with E-state index in [9.17, 15) is 19.2 Å². The lowest BCUT2D eigenvalue weighted by Gasteiger charge is -2.27. The predicted molar refractivity (Wildman–Crippen MR) is 148 cm³/mol. The van der Waals surface area contributed by atoms with Crippen LogP contribution < -0.4 is 10.1 Å². The fraction of sp³-hybridized carbons (Fsp3) is 0.286. The van der Waals surface area contributed by atoms with Crippen LogP contribution in [-0.2, 0) is 25.7 Å². The lowest BCUT2D eigenvalue weighted by molar-refractivity contribution is -0.135. The van der Waals surface area contributed by atoms with Gasteiger partial charge in [0, 0.05) is 41.4 Å². The third-order valence-electron chi connectivity index (χ3n) is 6.40. The van der Waals surface area contributed by atoms with Gasteiger partial charge >= 0.3 is 0 Å². The number of hydrogen-bond donors (Lipinski definition) is 1. The van der Waals surface area contributed by atoms with E-state index in [4.69, 9.17) is 9.47 Å². The number of anilines is 1. The average Bonchev–Trinajstić information content (AvgIpc) is 3.42. The highest BCUT2D eigenvalue weighted by molar-refractivity contribution is 8.18. The number of carbonyl (C=O) groups excluding carboxylic acids is 4. The van der Waals surface area contributed by atoms with E-state index in [2.05, 4.69) is 5.32 Å². The second-order valence-corrected chi connectivity index (χ2v) is 9.99. The van der Waals surface area contributed by atoms with E-state index in [1.807, 2.05) is 42.0 Å². The number of para-hydroxylation sites is 1. The molecular formula is C28H28N4O6S. The fourth-order valence-corrected chi connectivity index (χ4v) is 5.33. The number of thioether (sulfide) groups is 1. The number of imide groups is 1. The van der Waals surface area contributed by atoms with Gasteiger partial charge in [-0.15, -0.1) is 0 Å². The van der Waals surface area contributed by atoms with Gasteiger partial charge in [0.2, 0.25) is 11.8 Å². The normalized spacial score (nSPS) is 16.8. The number of rotatable bonds is 8. The summed E-state index contributed by atoms with van der Waals surface area (Å²) in [4.78, 5) is 54.1. The number of amides is 4. The van der Waals surface area contributed by atoms with Crippen molar-refractivity contribution in [3.63, 3.8) is 0 Å². The molecule has 202 valence electrons. The summed E-state index contributed by atoms with van der Waals surface area (Å²) in [6.45, 7) is 4.34. The van der Waals surface area contributed by atoms with E-state index in [1.165, 1.54) is 0 Å². The molecule has 11 heteroatoms. The highest BCUT2D eigenvalue weighted by atomic mass is 32.2. The van der Waals surface area contributed by atoms with Gasteiger partial charge in [-0.05, 0) is 55.1 Å². The van der Waals surface area contributed by atoms with Crippen molar-refractivity contribution in [2.45, 2.75) is 13.5 Å². The van der Waals surface area contributed by atoms with Crippen molar-refractivity contribution in [2.75, 3.05) is 44.8 Å². The van der Waals surface area contributed by atoms with Crippen molar-refractivity contribution in [3.8, 4) is 5.75 Å². The van der Waals surface area contributed by atoms with Crippen molar-refractivity contribution in [1.29, 1.82) is 0 Å². The molecule has 1 aromatic heterocycles. The Morgan fingerprint density at radius 3 is 2.54 bits per heavy atom. The van der Waals surface area contributed by atoms with Crippen LogP contribution in [-0.4, -0.2) is 76.8 Å². The number of hydrogen-bond acceptors (Lipinski definition) is 7. The molecule has 0 saturated carbocycles. The minimum atomic E-state index is -0.534. The first-order valence-corrected chi connectivity index (χ1v) is 13.5. The van der Waals surface area contributed by atoms with Crippen molar-refractivity contribution in [1.82, 2.24) is 14.4 Å². The van der Waals surface area contributed by atoms with E-state index in [-0.39, 0.29) is 17.4 Å². The molecule has 3 aromatic rings. The number of nitrogens with one attached hydrogen (secondary N) is 1. The zero-order valence-electron chi connectivity index (χ0n) is 21.4. The van der Waals surface area contributed by atoms with Gasteiger partial charge in [0.1, 0.15) is 18.8 Å². The maximum atomic E-state index is 13.1. The molecule has 0 spiro atoms. The second-order valence-electron chi connectivity index (χ2n) is 9.00. The first-order chi connectivity index (χ1) is 18.9. The molecule has 3 heterocycles. The van der Waals surface area contributed by atoms with E-state index < -0.39 is 23.6 Å². The third kappa shape index (κ3) is 5.99. The van der Waals surface area contributed by atoms with Crippen LogP contribution in [0.25, 0.3) is 17.0 Å². The maximum absolute atomic E-state index is 13.1. The fourth-order valence-electron chi connectivity index (χ4n) is 4.50. The van der Waals surface area contributed by atoms with Crippen LogP contribution in [0.2, 0.25) is 0 Å². The lowest BCUT2D eigenvalue weighted by atomic mass is 10.1. The third-order valence-corrected chi connectivity index (χ3v) is 7.31. The summed E-state index contributed by atoms with van der Waals surface area (Å²) in [5, 5.41) is 3.04. The van der Waals surface area contributed by atoms with Gasteiger partial charge in [-0.3, -0.25) is 24.1 Å². The summed E-state index contributed by atoms with van der Waals surface area (Å²) in [7, 11) is 0. The molecule has 2 aliphatic rings. The Balaban J connectivity index is 1.30. The largest absolute Gasteiger partial charge is 0.494 e. The van der Waals surface area contributed by atoms with Gasteiger partial charge in [0.15, 0.2) is 0 Å². The van der Waals surface area contributed by atoms with Crippen LogP contribution in [0.1, 0.15) is 12.5 Å². The van der Waals surface area contributed by atoms with E-state index >= 15 is 0 Å². The van der Waals surface area contributed by atoms with Gasteiger partial charge in [-0.1, -0.05) is 18.2 Å². The number of carbonyl (C=O) groups is 4. The molecule has 2 saturated heterocycles. The minimum absolute atomic E-state index is 0.00975. The van der Waals surface area contributed by atoms with Crippen molar-refractivity contribution >= 4 is 57.4 Å². The number of nitrogens with zero attached hydrogens (tertiary/aromatic N) is 3. The average molecular weight is 549 g/mol. The van der Waals surface area contributed by atoms with Gasteiger partial charge < -0.3 is 24.3 Å².